The predicted molar refractivity (Wildman–Crippen MR) is 73.8 cm³/mol. The summed E-state index contributed by atoms with van der Waals surface area (Å²) in [4.78, 5) is 0. The zero-order chi connectivity index (χ0) is 13.9. The van der Waals surface area contributed by atoms with Gasteiger partial charge in [-0.25, -0.2) is 4.72 Å². The molecule has 0 aromatic rings. The smallest absolute Gasteiger partial charge is 0.279 e. The summed E-state index contributed by atoms with van der Waals surface area (Å²) in [7, 11) is -1.69. The van der Waals surface area contributed by atoms with Crippen LogP contribution < -0.4 is 10.0 Å². The molecule has 6 nitrogen and oxygen atoms in total. The van der Waals surface area contributed by atoms with Gasteiger partial charge in [-0.15, -0.1) is 0 Å². The molecule has 0 amide bonds. The molecule has 0 saturated carbocycles. The van der Waals surface area contributed by atoms with Crippen LogP contribution in [0.25, 0.3) is 0 Å². The second-order valence-corrected chi connectivity index (χ2v) is 5.80. The van der Waals surface area contributed by atoms with E-state index in [0.717, 1.165) is 19.4 Å². The lowest BCUT2D eigenvalue weighted by atomic mass is 10.4. The number of nitrogens with one attached hydrogen (secondary N) is 2. The highest BCUT2D eigenvalue weighted by Crippen LogP contribution is 2.00. The van der Waals surface area contributed by atoms with Gasteiger partial charge in [0.15, 0.2) is 0 Å². The molecule has 0 aromatic carbocycles. The first-order valence-corrected chi connectivity index (χ1v) is 7.96. The van der Waals surface area contributed by atoms with E-state index in [-0.39, 0.29) is 0 Å². The Kier molecular flexibility index (Phi) is 10.6. The third-order valence-corrected chi connectivity index (χ3v) is 3.97. The van der Waals surface area contributed by atoms with Crippen LogP contribution in [0.5, 0.6) is 0 Å². The van der Waals surface area contributed by atoms with Gasteiger partial charge >= 0.3 is 0 Å². The van der Waals surface area contributed by atoms with E-state index in [1.807, 2.05) is 13.8 Å². The molecule has 7 heteroatoms. The Morgan fingerprint density at radius 3 is 2.17 bits per heavy atom. The molecule has 0 aliphatic carbocycles. The van der Waals surface area contributed by atoms with Gasteiger partial charge in [0.2, 0.25) is 0 Å². The number of hydrogen-bond acceptors (Lipinski definition) is 4. The van der Waals surface area contributed by atoms with Gasteiger partial charge in [0.1, 0.15) is 0 Å². The minimum atomic E-state index is -3.33. The Balaban J connectivity index is 3.95. The van der Waals surface area contributed by atoms with E-state index in [2.05, 4.69) is 10.0 Å². The van der Waals surface area contributed by atoms with Gasteiger partial charge in [0, 0.05) is 39.8 Å². The van der Waals surface area contributed by atoms with Crippen LogP contribution in [-0.2, 0) is 14.9 Å². The normalized spacial score (nSPS) is 12.2. The Morgan fingerprint density at radius 2 is 1.67 bits per heavy atom. The van der Waals surface area contributed by atoms with Crippen molar-refractivity contribution in [2.75, 3.05) is 46.4 Å². The molecule has 0 aromatic heterocycles. The maximum absolute atomic E-state index is 12.0. The minimum absolute atomic E-state index is 0.399. The van der Waals surface area contributed by atoms with Crippen molar-refractivity contribution >= 4 is 10.2 Å². The summed E-state index contributed by atoms with van der Waals surface area (Å²) < 4.78 is 32.9. The first-order chi connectivity index (χ1) is 8.58. The molecule has 2 N–H and O–H groups in total. The fourth-order valence-corrected chi connectivity index (χ4v) is 2.90. The van der Waals surface area contributed by atoms with Gasteiger partial charge in [0.05, 0.1) is 6.61 Å². The van der Waals surface area contributed by atoms with Crippen molar-refractivity contribution in [3.8, 4) is 0 Å². The minimum Gasteiger partial charge on any atom is -0.383 e. The molecule has 110 valence electrons. The summed E-state index contributed by atoms with van der Waals surface area (Å²) in [6.07, 6.45) is 1.65. The predicted octanol–water partition coefficient (Wildman–Crippen LogP) is 0.179. The van der Waals surface area contributed by atoms with Crippen LogP contribution in [-0.4, -0.2) is 59.2 Å². The molecule has 0 heterocycles. The molecule has 0 aliphatic heterocycles. The molecule has 0 saturated heterocycles. The van der Waals surface area contributed by atoms with Crippen molar-refractivity contribution in [1.29, 1.82) is 0 Å². The third-order valence-electron chi connectivity index (χ3n) is 2.36. The summed E-state index contributed by atoms with van der Waals surface area (Å²) in [5.74, 6) is 0. The maximum atomic E-state index is 12.0. The van der Waals surface area contributed by atoms with Gasteiger partial charge < -0.3 is 10.1 Å². The number of methoxy groups -OCH3 is 1. The summed E-state index contributed by atoms with van der Waals surface area (Å²) >= 11 is 0. The van der Waals surface area contributed by atoms with Crippen LogP contribution in [0.4, 0.5) is 0 Å². The fourth-order valence-electron chi connectivity index (χ4n) is 1.51. The largest absolute Gasteiger partial charge is 0.383 e. The van der Waals surface area contributed by atoms with Crippen LogP contribution in [0.1, 0.15) is 26.7 Å². The molecule has 0 spiro atoms. The van der Waals surface area contributed by atoms with Crippen LogP contribution in [0.3, 0.4) is 0 Å². The Hall–Kier alpha value is -0.210. The first-order valence-electron chi connectivity index (χ1n) is 6.52. The SMILES string of the molecule is CCCN(CCC)S(=O)(=O)NCCNCCOC. The standard InChI is InChI=1S/C11H27N3O3S/c1-4-9-14(10-5-2)18(15,16)13-7-6-12-8-11-17-3/h12-13H,4-11H2,1-3H3. The van der Waals surface area contributed by atoms with Crippen LogP contribution in [0.2, 0.25) is 0 Å². The molecular formula is C11H27N3O3S. The second kappa shape index (κ2) is 10.7. The fraction of sp³-hybridized carbons (Fsp3) is 1.00. The second-order valence-electron chi connectivity index (χ2n) is 4.04. The molecule has 0 bridgehead atoms. The van der Waals surface area contributed by atoms with E-state index in [9.17, 15) is 8.42 Å². The Labute approximate surface area is 111 Å². The van der Waals surface area contributed by atoms with Crippen molar-refractivity contribution in [3.05, 3.63) is 0 Å². The maximum Gasteiger partial charge on any atom is 0.279 e. The average Bonchev–Trinajstić information content (AvgIpc) is 2.33. The molecule has 18 heavy (non-hydrogen) atoms. The van der Waals surface area contributed by atoms with E-state index in [1.165, 1.54) is 4.31 Å². The molecule has 0 aliphatic rings. The van der Waals surface area contributed by atoms with E-state index < -0.39 is 10.2 Å². The Bertz CT molecular complexity index is 277. The highest BCUT2D eigenvalue weighted by molar-refractivity contribution is 7.87. The number of hydrogen-bond donors (Lipinski definition) is 2. The summed E-state index contributed by atoms with van der Waals surface area (Å²) in [5.41, 5.74) is 0. The van der Waals surface area contributed by atoms with E-state index >= 15 is 0 Å². The van der Waals surface area contributed by atoms with E-state index in [1.54, 1.807) is 7.11 Å². The zero-order valence-corrected chi connectivity index (χ0v) is 12.6. The monoisotopic (exact) mass is 281 g/mol. The Morgan fingerprint density at radius 1 is 1.06 bits per heavy atom. The van der Waals surface area contributed by atoms with E-state index in [0.29, 0.717) is 32.8 Å². The summed E-state index contributed by atoms with van der Waals surface area (Å²) in [5, 5.41) is 3.09. The molecule has 0 atom stereocenters. The van der Waals surface area contributed by atoms with Crippen molar-refractivity contribution in [3.63, 3.8) is 0 Å². The highest BCUT2D eigenvalue weighted by Gasteiger charge is 2.18. The van der Waals surface area contributed by atoms with Crippen molar-refractivity contribution in [2.24, 2.45) is 0 Å². The lowest BCUT2D eigenvalue weighted by molar-refractivity contribution is 0.199. The summed E-state index contributed by atoms with van der Waals surface area (Å²) in [6, 6.07) is 0. The third kappa shape index (κ3) is 7.99. The number of rotatable bonds is 12. The number of nitrogens with zero attached hydrogens (tertiary/aromatic N) is 1. The van der Waals surface area contributed by atoms with Crippen molar-refractivity contribution < 1.29 is 13.2 Å². The van der Waals surface area contributed by atoms with Gasteiger partial charge in [-0.1, -0.05) is 13.8 Å². The molecule has 0 rings (SSSR count). The topological polar surface area (TPSA) is 70.7 Å². The van der Waals surface area contributed by atoms with Gasteiger partial charge in [-0.2, -0.15) is 12.7 Å². The van der Waals surface area contributed by atoms with E-state index in [4.69, 9.17) is 4.74 Å². The zero-order valence-electron chi connectivity index (χ0n) is 11.7. The van der Waals surface area contributed by atoms with Gasteiger partial charge in [-0.3, -0.25) is 0 Å². The van der Waals surface area contributed by atoms with Gasteiger partial charge in [0.25, 0.3) is 10.2 Å². The van der Waals surface area contributed by atoms with Crippen LogP contribution >= 0.6 is 0 Å². The first kappa shape index (κ1) is 17.8. The average molecular weight is 281 g/mol. The highest BCUT2D eigenvalue weighted by atomic mass is 32.2. The molecular weight excluding hydrogens is 254 g/mol. The summed E-state index contributed by atoms with van der Waals surface area (Å²) in [6.45, 7) is 7.45. The van der Waals surface area contributed by atoms with Crippen molar-refractivity contribution in [1.82, 2.24) is 14.3 Å². The van der Waals surface area contributed by atoms with Gasteiger partial charge in [-0.05, 0) is 12.8 Å². The lowest BCUT2D eigenvalue weighted by Gasteiger charge is -2.21. The molecule has 0 fully saturated rings. The molecule has 0 radical (unpaired) electrons. The molecule has 0 unspecified atom stereocenters. The lowest BCUT2D eigenvalue weighted by Crippen LogP contribution is -2.43. The quantitative estimate of drug-likeness (QED) is 0.501. The van der Waals surface area contributed by atoms with Crippen LogP contribution in [0, 0.1) is 0 Å². The van der Waals surface area contributed by atoms with Crippen LogP contribution in [0.15, 0.2) is 0 Å². The van der Waals surface area contributed by atoms with Crippen molar-refractivity contribution in [2.45, 2.75) is 26.7 Å². The number of ether oxygens (including phenoxy) is 1.